The smallest absolute Gasteiger partial charge is 0.338 e. The van der Waals surface area contributed by atoms with E-state index in [0.29, 0.717) is 6.42 Å². The number of carboxylic acids is 1. The number of nitrogens with one attached hydrogen (secondary N) is 1. The van der Waals surface area contributed by atoms with Crippen molar-refractivity contribution in [2.45, 2.75) is 19.4 Å². The van der Waals surface area contributed by atoms with Gasteiger partial charge >= 0.3 is 11.9 Å². The quantitative estimate of drug-likeness (QED) is 0.422. The molecule has 2 aromatic carbocycles. The third-order valence-electron chi connectivity index (χ3n) is 4.90. The first-order chi connectivity index (χ1) is 15.8. The SMILES string of the molecule is CCOC(=O)c1ccc2nc(C(=O)N[C@H](COC)Cc3ccc(O)cc3)cc(C(=O)O)c2c1. The molecule has 3 rings (SSSR count). The van der Waals surface area contributed by atoms with E-state index in [1.54, 1.807) is 31.2 Å². The molecule has 3 N–H and O–H groups in total. The van der Waals surface area contributed by atoms with E-state index in [-0.39, 0.29) is 46.7 Å². The van der Waals surface area contributed by atoms with Gasteiger partial charge in [0.05, 0.1) is 35.9 Å². The predicted molar refractivity (Wildman–Crippen MR) is 120 cm³/mol. The molecule has 0 spiro atoms. The maximum Gasteiger partial charge on any atom is 0.338 e. The first kappa shape index (κ1) is 23.7. The average Bonchev–Trinajstić information content (AvgIpc) is 2.79. The van der Waals surface area contributed by atoms with E-state index < -0.39 is 23.9 Å². The minimum absolute atomic E-state index is 0.0735. The molecule has 172 valence electrons. The first-order valence-electron chi connectivity index (χ1n) is 10.2. The number of aromatic hydroxyl groups is 1. The van der Waals surface area contributed by atoms with Crippen LogP contribution in [0.1, 0.15) is 43.7 Å². The lowest BCUT2D eigenvalue weighted by Crippen LogP contribution is -2.40. The molecule has 0 saturated heterocycles. The molecule has 0 fully saturated rings. The van der Waals surface area contributed by atoms with Crippen molar-refractivity contribution in [3.8, 4) is 5.75 Å². The summed E-state index contributed by atoms with van der Waals surface area (Å²) >= 11 is 0. The van der Waals surface area contributed by atoms with Crippen LogP contribution in [0, 0.1) is 0 Å². The van der Waals surface area contributed by atoms with Gasteiger partial charge in [0.1, 0.15) is 11.4 Å². The van der Waals surface area contributed by atoms with Gasteiger partial charge < -0.3 is 25.0 Å². The number of aromatic nitrogens is 1. The number of methoxy groups -OCH3 is 1. The zero-order valence-electron chi connectivity index (χ0n) is 18.2. The highest BCUT2D eigenvalue weighted by Gasteiger charge is 2.20. The van der Waals surface area contributed by atoms with Crippen molar-refractivity contribution in [3.05, 3.63) is 70.9 Å². The molecule has 9 heteroatoms. The summed E-state index contributed by atoms with van der Waals surface area (Å²) in [6.07, 6.45) is 0.433. The van der Waals surface area contributed by atoms with Gasteiger partial charge in [-0.2, -0.15) is 0 Å². The Hall–Kier alpha value is -3.98. The Morgan fingerprint density at radius 1 is 1.09 bits per heavy atom. The lowest BCUT2D eigenvalue weighted by atomic mass is 10.0. The zero-order valence-corrected chi connectivity index (χ0v) is 18.2. The van der Waals surface area contributed by atoms with Crippen LogP contribution >= 0.6 is 0 Å². The Morgan fingerprint density at radius 2 is 1.82 bits per heavy atom. The maximum absolute atomic E-state index is 12.9. The molecule has 1 aromatic heterocycles. The molecule has 1 amide bonds. The number of amides is 1. The largest absolute Gasteiger partial charge is 0.508 e. The van der Waals surface area contributed by atoms with E-state index in [1.807, 2.05) is 0 Å². The summed E-state index contributed by atoms with van der Waals surface area (Å²) in [5, 5.41) is 22.2. The monoisotopic (exact) mass is 452 g/mol. The van der Waals surface area contributed by atoms with Crippen LogP contribution in [0.3, 0.4) is 0 Å². The number of benzene rings is 2. The van der Waals surface area contributed by atoms with Crippen molar-refractivity contribution in [1.82, 2.24) is 10.3 Å². The fourth-order valence-corrected chi connectivity index (χ4v) is 3.39. The molecular weight excluding hydrogens is 428 g/mol. The van der Waals surface area contributed by atoms with Crippen LogP contribution in [0.5, 0.6) is 5.75 Å². The molecule has 0 aliphatic carbocycles. The van der Waals surface area contributed by atoms with Crippen molar-refractivity contribution >= 4 is 28.7 Å². The molecule has 0 unspecified atom stereocenters. The summed E-state index contributed by atoms with van der Waals surface area (Å²) in [5.74, 6) is -2.25. The van der Waals surface area contributed by atoms with Crippen LogP contribution in [0.4, 0.5) is 0 Å². The summed E-state index contributed by atoms with van der Waals surface area (Å²) in [5.41, 5.74) is 1.10. The predicted octanol–water partition coefficient (Wildman–Crippen LogP) is 2.80. The summed E-state index contributed by atoms with van der Waals surface area (Å²) in [6, 6.07) is 11.7. The lowest BCUT2D eigenvalue weighted by molar-refractivity contribution is 0.0525. The molecule has 0 saturated carbocycles. The van der Waals surface area contributed by atoms with Crippen LogP contribution < -0.4 is 5.32 Å². The fraction of sp³-hybridized carbons (Fsp3) is 0.250. The number of ether oxygens (including phenoxy) is 2. The third-order valence-corrected chi connectivity index (χ3v) is 4.90. The molecular formula is C24H24N2O7. The van der Waals surface area contributed by atoms with Crippen molar-refractivity contribution in [2.24, 2.45) is 0 Å². The van der Waals surface area contributed by atoms with Gasteiger partial charge in [-0.05, 0) is 55.3 Å². The van der Waals surface area contributed by atoms with E-state index >= 15 is 0 Å². The third kappa shape index (κ3) is 5.83. The Morgan fingerprint density at radius 3 is 2.45 bits per heavy atom. The van der Waals surface area contributed by atoms with E-state index in [4.69, 9.17) is 9.47 Å². The van der Waals surface area contributed by atoms with Gasteiger partial charge in [-0.3, -0.25) is 4.79 Å². The maximum atomic E-state index is 12.9. The first-order valence-corrected chi connectivity index (χ1v) is 10.2. The average molecular weight is 452 g/mol. The van der Waals surface area contributed by atoms with Gasteiger partial charge in [-0.1, -0.05) is 12.1 Å². The number of rotatable bonds is 9. The van der Waals surface area contributed by atoms with Crippen molar-refractivity contribution in [3.63, 3.8) is 0 Å². The van der Waals surface area contributed by atoms with Gasteiger partial charge in [0.2, 0.25) is 0 Å². The van der Waals surface area contributed by atoms with E-state index in [9.17, 15) is 24.6 Å². The number of fused-ring (bicyclic) bond motifs is 1. The number of phenolic OH excluding ortho intramolecular Hbond substituents is 1. The van der Waals surface area contributed by atoms with Gasteiger partial charge in [0.15, 0.2) is 0 Å². The summed E-state index contributed by atoms with van der Waals surface area (Å²) in [6.45, 7) is 2.08. The topological polar surface area (TPSA) is 135 Å². The van der Waals surface area contributed by atoms with Crippen LogP contribution in [-0.2, 0) is 15.9 Å². The van der Waals surface area contributed by atoms with Crippen molar-refractivity contribution in [1.29, 1.82) is 0 Å². The number of nitrogens with zero attached hydrogens (tertiary/aromatic N) is 1. The number of hydrogen-bond acceptors (Lipinski definition) is 7. The Bertz CT molecular complexity index is 1180. The fourth-order valence-electron chi connectivity index (χ4n) is 3.39. The standard InChI is InChI=1S/C24H24N2O7/c1-3-33-24(31)15-6-9-20-18(11-15)19(23(29)30)12-21(26-20)22(28)25-16(13-32-2)10-14-4-7-17(27)8-5-14/h4-9,11-12,16,27H,3,10,13H2,1-2H3,(H,25,28)(H,29,30)/t16-/m0/s1. The van der Waals surface area contributed by atoms with Crippen LogP contribution in [-0.4, -0.2) is 59.4 Å². The Balaban J connectivity index is 1.90. The number of hydrogen-bond donors (Lipinski definition) is 3. The number of phenols is 1. The Labute approximate surface area is 190 Å². The Kier molecular flexibility index (Phi) is 7.57. The summed E-state index contributed by atoms with van der Waals surface area (Å²) < 4.78 is 10.2. The van der Waals surface area contributed by atoms with E-state index in [1.165, 1.54) is 31.4 Å². The molecule has 1 atom stereocenters. The highest BCUT2D eigenvalue weighted by molar-refractivity contribution is 6.07. The number of carbonyl (C=O) groups is 3. The summed E-state index contributed by atoms with van der Waals surface area (Å²) in [7, 11) is 1.51. The van der Waals surface area contributed by atoms with E-state index in [0.717, 1.165) is 5.56 Å². The molecule has 9 nitrogen and oxygen atoms in total. The van der Waals surface area contributed by atoms with Crippen molar-refractivity contribution in [2.75, 3.05) is 20.3 Å². The number of carboxylic acid groups (broad SMARTS) is 1. The second-order valence-electron chi connectivity index (χ2n) is 7.31. The van der Waals surface area contributed by atoms with Crippen molar-refractivity contribution < 1.29 is 34.1 Å². The van der Waals surface area contributed by atoms with Gasteiger partial charge in [-0.25, -0.2) is 14.6 Å². The van der Waals surface area contributed by atoms with Crippen LogP contribution in [0.25, 0.3) is 10.9 Å². The summed E-state index contributed by atoms with van der Waals surface area (Å²) in [4.78, 5) is 41.1. The van der Waals surface area contributed by atoms with E-state index in [2.05, 4.69) is 10.3 Å². The number of aromatic carboxylic acids is 1. The minimum Gasteiger partial charge on any atom is -0.508 e. The minimum atomic E-state index is -1.25. The zero-order chi connectivity index (χ0) is 24.0. The number of carbonyl (C=O) groups excluding carboxylic acids is 2. The van der Waals surface area contributed by atoms with Gasteiger partial charge in [0.25, 0.3) is 5.91 Å². The molecule has 0 bridgehead atoms. The molecule has 0 radical (unpaired) electrons. The molecule has 33 heavy (non-hydrogen) atoms. The number of esters is 1. The normalized spacial score (nSPS) is 11.7. The lowest BCUT2D eigenvalue weighted by Gasteiger charge is -2.18. The second kappa shape index (κ2) is 10.6. The highest BCUT2D eigenvalue weighted by atomic mass is 16.5. The molecule has 3 aromatic rings. The highest BCUT2D eigenvalue weighted by Crippen LogP contribution is 2.21. The van der Waals surface area contributed by atoms with Gasteiger partial charge in [0, 0.05) is 12.5 Å². The molecule has 0 aliphatic rings. The molecule has 1 heterocycles. The molecule has 0 aliphatic heterocycles. The van der Waals surface area contributed by atoms with Gasteiger partial charge in [-0.15, -0.1) is 0 Å². The second-order valence-corrected chi connectivity index (χ2v) is 7.31. The number of pyridine rings is 1. The van der Waals surface area contributed by atoms with Crippen LogP contribution in [0.15, 0.2) is 48.5 Å². The van der Waals surface area contributed by atoms with Crippen LogP contribution in [0.2, 0.25) is 0 Å².